The molecule has 0 saturated carbocycles. The summed E-state index contributed by atoms with van der Waals surface area (Å²) < 4.78 is 14.2. The first-order valence-corrected chi connectivity index (χ1v) is 7.16. The second-order valence-electron chi connectivity index (χ2n) is 4.63. The highest BCUT2D eigenvalue weighted by Gasteiger charge is 2.15. The van der Waals surface area contributed by atoms with E-state index < -0.39 is 4.92 Å². The number of nitrogens with one attached hydrogen (secondary N) is 1. The van der Waals surface area contributed by atoms with Gasteiger partial charge >= 0.3 is 0 Å². The van der Waals surface area contributed by atoms with E-state index in [0.717, 1.165) is 15.6 Å². The van der Waals surface area contributed by atoms with Gasteiger partial charge in [0.25, 0.3) is 5.69 Å². The van der Waals surface area contributed by atoms with Gasteiger partial charge < -0.3 is 5.32 Å². The van der Waals surface area contributed by atoms with E-state index in [0.29, 0.717) is 6.42 Å². The summed E-state index contributed by atoms with van der Waals surface area (Å²) in [4.78, 5) is 10.2. The van der Waals surface area contributed by atoms with Crippen LogP contribution in [0.5, 0.6) is 0 Å². The quantitative estimate of drug-likeness (QED) is 0.653. The zero-order valence-corrected chi connectivity index (χ0v) is 12.9. The van der Waals surface area contributed by atoms with E-state index in [2.05, 4.69) is 21.2 Å². The van der Waals surface area contributed by atoms with Gasteiger partial charge in [0.05, 0.1) is 4.92 Å². The molecular weight excluding hydrogens is 339 g/mol. The maximum Gasteiger partial charge on any atom is 0.269 e. The monoisotopic (exact) mass is 352 g/mol. The smallest absolute Gasteiger partial charge is 0.269 e. The Morgan fingerprint density at radius 1 is 1.29 bits per heavy atom. The highest BCUT2D eigenvalue weighted by Crippen LogP contribution is 2.27. The molecule has 0 heterocycles. The van der Waals surface area contributed by atoms with Gasteiger partial charge in [-0.1, -0.05) is 28.1 Å². The van der Waals surface area contributed by atoms with E-state index in [1.807, 2.05) is 0 Å². The summed E-state index contributed by atoms with van der Waals surface area (Å²) in [5, 5.41) is 13.8. The number of halogens is 2. The van der Waals surface area contributed by atoms with Crippen molar-refractivity contribution in [1.29, 1.82) is 0 Å². The minimum Gasteiger partial charge on any atom is -0.313 e. The number of nitrogens with zero attached hydrogens (tertiary/aromatic N) is 1. The summed E-state index contributed by atoms with van der Waals surface area (Å²) in [5.41, 5.74) is 1.82. The summed E-state index contributed by atoms with van der Waals surface area (Å²) in [6.45, 7) is 0. The number of hydrogen-bond donors (Lipinski definition) is 1. The Kier molecular flexibility index (Phi) is 5.03. The minimum atomic E-state index is -0.428. The molecule has 0 amide bonds. The van der Waals surface area contributed by atoms with Gasteiger partial charge in [-0.05, 0) is 42.8 Å². The first-order chi connectivity index (χ1) is 10.0. The average molecular weight is 353 g/mol. The molecule has 6 heteroatoms. The van der Waals surface area contributed by atoms with Gasteiger partial charge in [-0.3, -0.25) is 10.1 Å². The molecule has 1 atom stereocenters. The van der Waals surface area contributed by atoms with E-state index in [9.17, 15) is 14.5 Å². The summed E-state index contributed by atoms with van der Waals surface area (Å²) in [5.74, 6) is -0.294. The Labute approximate surface area is 130 Å². The van der Waals surface area contributed by atoms with E-state index >= 15 is 0 Å². The van der Waals surface area contributed by atoms with Crippen LogP contribution in [-0.2, 0) is 6.42 Å². The maximum atomic E-state index is 13.4. The molecule has 2 rings (SSSR count). The minimum absolute atomic E-state index is 0.0618. The Hall–Kier alpha value is -1.79. The van der Waals surface area contributed by atoms with Crippen LogP contribution in [0.1, 0.15) is 17.2 Å². The lowest BCUT2D eigenvalue weighted by molar-refractivity contribution is -0.384. The Morgan fingerprint density at radius 3 is 2.52 bits per heavy atom. The van der Waals surface area contributed by atoms with Crippen LogP contribution in [-0.4, -0.2) is 12.0 Å². The molecule has 0 aromatic heterocycles. The lowest BCUT2D eigenvalue weighted by atomic mass is 9.99. The highest BCUT2D eigenvalue weighted by atomic mass is 79.9. The first-order valence-electron chi connectivity index (χ1n) is 6.37. The third-order valence-corrected chi connectivity index (χ3v) is 3.99. The Morgan fingerprint density at radius 2 is 1.95 bits per heavy atom. The molecule has 0 aliphatic carbocycles. The molecule has 0 fully saturated rings. The van der Waals surface area contributed by atoms with Gasteiger partial charge in [0.1, 0.15) is 5.82 Å². The fraction of sp³-hybridized carbons (Fsp3) is 0.200. The fourth-order valence-corrected chi connectivity index (χ4v) is 2.66. The number of likely N-dealkylation sites (N-methyl/N-ethyl adjacent to an activating group) is 1. The second kappa shape index (κ2) is 6.78. The SMILES string of the molecule is CNC(Cc1ccc([N+](=O)[O-])cc1)c1cc(F)ccc1Br. The zero-order valence-electron chi connectivity index (χ0n) is 11.3. The third-order valence-electron chi connectivity index (χ3n) is 3.27. The van der Waals surface area contributed by atoms with Crippen molar-refractivity contribution in [3.05, 3.63) is 74.0 Å². The van der Waals surface area contributed by atoms with E-state index in [1.54, 1.807) is 25.2 Å². The molecular formula is C15H14BrFN2O2. The van der Waals surface area contributed by atoms with Crippen molar-refractivity contribution >= 4 is 21.6 Å². The first kappa shape index (κ1) is 15.6. The van der Waals surface area contributed by atoms with Crippen LogP contribution < -0.4 is 5.32 Å². The van der Waals surface area contributed by atoms with Crippen molar-refractivity contribution in [2.24, 2.45) is 0 Å². The molecule has 0 spiro atoms. The standard InChI is InChI=1S/C15H14BrFN2O2/c1-18-15(13-9-11(17)4-7-14(13)16)8-10-2-5-12(6-3-10)19(20)21/h2-7,9,15,18H,8H2,1H3. The average Bonchev–Trinajstić information content (AvgIpc) is 2.48. The molecule has 0 bridgehead atoms. The van der Waals surface area contributed by atoms with E-state index in [4.69, 9.17) is 0 Å². The molecule has 110 valence electrons. The molecule has 0 aliphatic heterocycles. The number of hydrogen-bond acceptors (Lipinski definition) is 3. The van der Waals surface area contributed by atoms with Gasteiger partial charge in [0.15, 0.2) is 0 Å². The molecule has 21 heavy (non-hydrogen) atoms. The third kappa shape index (κ3) is 3.86. The van der Waals surface area contributed by atoms with Crippen LogP contribution in [0.15, 0.2) is 46.9 Å². The van der Waals surface area contributed by atoms with Crippen LogP contribution >= 0.6 is 15.9 Å². The highest BCUT2D eigenvalue weighted by molar-refractivity contribution is 9.10. The number of non-ortho nitro benzene ring substituents is 1. The summed E-state index contributed by atoms with van der Waals surface area (Å²) in [7, 11) is 1.80. The van der Waals surface area contributed by atoms with Gasteiger partial charge in [-0.15, -0.1) is 0 Å². The predicted octanol–water partition coefficient (Wildman–Crippen LogP) is 4.00. The summed E-state index contributed by atoms with van der Waals surface area (Å²) >= 11 is 3.42. The van der Waals surface area contributed by atoms with Crippen molar-refractivity contribution < 1.29 is 9.31 Å². The molecule has 1 N–H and O–H groups in total. The molecule has 1 unspecified atom stereocenters. The molecule has 2 aromatic rings. The maximum absolute atomic E-state index is 13.4. The zero-order chi connectivity index (χ0) is 15.4. The Bertz CT molecular complexity index is 647. The summed E-state index contributed by atoms with van der Waals surface area (Å²) in [6.07, 6.45) is 0.608. The van der Waals surface area contributed by atoms with E-state index in [-0.39, 0.29) is 17.5 Å². The van der Waals surface area contributed by atoms with Crippen LogP contribution in [0, 0.1) is 15.9 Å². The Balaban J connectivity index is 2.22. The van der Waals surface area contributed by atoms with Crippen molar-refractivity contribution in [2.75, 3.05) is 7.05 Å². The number of nitro groups is 1. The van der Waals surface area contributed by atoms with Crippen molar-refractivity contribution in [1.82, 2.24) is 5.32 Å². The van der Waals surface area contributed by atoms with Gasteiger partial charge in [0, 0.05) is 22.6 Å². The van der Waals surface area contributed by atoms with Gasteiger partial charge in [0.2, 0.25) is 0 Å². The van der Waals surface area contributed by atoms with Crippen LogP contribution in [0.3, 0.4) is 0 Å². The molecule has 2 aromatic carbocycles. The molecule has 0 saturated heterocycles. The van der Waals surface area contributed by atoms with Crippen LogP contribution in [0.4, 0.5) is 10.1 Å². The van der Waals surface area contributed by atoms with Gasteiger partial charge in [-0.25, -0.2) is 4.39 Å². The van der Waals surface area contributed by atoms with Crippen LogP contribution in [0.25, 0.3) is 0 Å². The molecule has 0 radical (unpaired) electrons. The van der Waals surface area contributed by atoms with Gasteiger partial charge in [-0.2, -0.15) is 0 Å². The lowest BCUT2D eigenvalue weighted by Gasteiger charge is -2.18. The second-order valence-corrected chi connectivity index (χ2v) is 5.49. The predicted molar refractivity (Wildman–Crippen MR) is 82.7 cm³/mol. The summed E-state index contributed by atoms with van der Waals surface area (Å²) in [6, 6.07) is 10.8. The van der Waals surface area contributed by atoms with Crippen molar-refractivity contribution in [2.45, 2.75) is 12.5 Å². The number of nitro benzene ring substituents is 1. The van der Waals surface area contributed by atoms with Crippen molar-refractivity contribution in [3.63, 3.8) is 0 Å². The largest absolute Gasteiger partial charge is 0.313 e. The normalized spacial score (nSPS) is 12.1. The van der Waals surface area contributed by atoms with Crippen molar-refractivity contribution in [3.8, 4) is 0 Å². The van der Waals surface area contributed by atoms with Crippen LogP contribution in [0.2, 0.25) is 0 Å². The fourth-order valence-electron chi connectivity index (χ4n) is 2.14. The lowest BCUT2D eigenvalue weighted by Crippen LogP contribution is -2.19. The van der Waals surface area contributed by atoms with E-state index in [1.165, 1.54) is 24.3 Å². The molecule has 4 nitrogen and oxygen atoms in total. The molecule has 0 aliphatic rings. The topological polar surface area (TPSA) is 55.2 Å². The number of benzene rings is 2. The number of rotatable bonds is 5.